The molecule has 0 radical (unpaired) electrons. The van der Waals surface area contributed by atoms with Crippen molar-refractivity contribution in [2.75, 3.05) is 11.9 Å². The summed E-state index contributed by atoms with van der Waals surface area (Å²) in [5.74, 6) is -0.0623. The minimum absolute atomic E-state index is 0.0811. The summed E-state index contributed by atoms with van der Waals surface area (Å²) in [4.78, 5) is 24.6. The van der Waals surface area contributed by atoms with Crippen LogP contribution >= 0.6 is 0 Å². The van der Waals surface area contributed by atoms with Gasteiger partial charge in [-0.1, -0.05) is 0 Å². The van der Waals surface area contributed by atoms with E-state index in [0.717, 1.165) is 0 Å². The van der Waals surface area contributed by atoms with Gasteiger partial charge < -0.3 is 15.3 Å². The number of hydrogen-bond donors (Lipinski definition) is 2. The Morgan fingerprint density at radius 1 is 1.41 bits per heavy atom. The monoisotopic (exact) mass is 234 g/mol. The second-order valence-electron chi connectivity index (χ2n) is 4.07. The lowest BCUT2D eigenvalue weighted by molar-refractivity contribution is -0.123. The molecule has 1 aliphatic rings. The molecule has 17 heavy (non-hydrogen) atoms. The number of rotatable bonds is 2. The van der Waals surface area contributed by atoms with Crippen LogP contribution in [0.1, 0.15) is 12.8 Å². The fourth-order valence-corrected chi connectivity index (χ4v) is 1.84. The topological polar surface area (TPSA) is 69.6 Å². The van der Waals surface area contributed by atoms with Crippen LogP contribution in [0, 0.1) is 0 Å². The van der Waals surface area contributed by atoms with Crippen molar-refractivity contribution in [2.45, 2.75) is 18.9 Å². The van der Waals surface area contributed by atoms with E-state index in [4.69, 9.17) is 5.11 Å². The van der Waals surface area contributed by atoms with Crippen molar-refractivity contribution >= 4 is 17.5 Å². The SMILES string of the molecule is CN(C(=O)[C@H]1CCC(=O)N1)c1ccc(O)cc1. The molecule has 2 amide bonds. The molecule has 0 aliphatic carbocycles. The van der Waals surface area contributed by atoms with Crippen molar-refractivity contribution in [1.29, 1.82) is 0 Å². The van der Waals surface area contributed by atoms with Crippen LogP contribution in [0.5, 0.6) is 5.75 Å². The zero-order valence-corrected chi connectivity index (χ0v) is 9.51. The first-order valence-electron chi connectivity index (χ1n) is 5.44. The summed E-state index contributed by atoms with van der Waals surface area (Å²) >= 11 is 0. The molecule has 0 aromatic heterocycles. The Morgan fingerprint density at radius 2 is 2.06 bits per heavy atom. The summed E-state index contributed by atoms with van der Waals surface area (Å²) in [5.41, 5.74) is 0.689. The Kier molecular flexibility index (Phi) is 2.99. The highest BCUT2D eigenvalue weighted by molar-refractivity contribution is 6.00. The predicted octanol–water partition coefficient (Wildman–Crippen LogP) is 0.634. The number of phenolic OH excluding ortho intramolecular Hbond substituents is 1. The zero-order valence-electron chi connectivity index (χ0n) is 9.51. The van der Waals surface area contributed by atoms with Gasteiger partial charge in [0.25, 0.3) is 0 Å². The van der Waals surface area contributed by atoms with Gasteiger partial charge in [0.15, 0.2) is 0 Å². The first-order chi connectivity index (χ1) is 8.08. The highest BCUT2D eigenvalue weighted by Gasteiger charge is 2.29. The number of anilines is 1. The summed E-state index contributed by atoms with van der Waals surface area (Å²) in [6.45, 7) is 0. The van der Waals surface area contributed by atoms with E-state index < -0.39 is 6.04 Å². The maximum absolute atomic E-state index is 12.0. The standard InChI is InChI=1S/C12H14N2O3/c1-14(8-2-4-9(15)5-3-8)12(17)10-6-7-11(16)13-10/h2-5,10,15H,6-7H2,1H3,(H,13,16)/t10-/m1/s1. The van der Waals surface area contributed by atoms with Gasteiger partial charge in [-0.2, -0.15) is 0 Å². The summed E-state index contributed by atoms with van der Waals surface area (Å²) < 4.78 is 0. The molecule has 5 nitrogen and oxygen atoms in total. The number of nitrogens with zero attached hydrogens (tertiary/aromatic N) is 1. The molecular weight excluding hydrogens is 220 g/mol. The molecule has 1 atom stereocenters. The van der Waals surface area contributed by atoms with Crippen LogP contribution in [0.25, 0.3) is 0 Å². The number of hydrogen-bond acceptors (Lipinski definition) is 3. The summed E-state index contributed by atoms with van der Waals surface area (Å²) in [6.07, 6.45) is 0.944. The molecular formula is C12H14N2O3. The highest BCUT2D eigenvalue weighted by Crippen LogP contribution is 2.19. The van der Waals surface area contributed by atoms with Gasteiger partial charge in [0.05, 0.1) is 0 Å². The van der Waals surface area contributed by atoms with Gasteiger partial charge in [0.1, 0.15) is 11.8 Å². The van der Waals surface area contributed by atoms with Gasteiger partial charge in [-0.25, -0.2) is 0 Å². The zero-order chi connectivity index (χ0) is 12.4. The molecule has 1 fully saturated rings. The molecule has 1 saturated heterocycles. The van der Waals surface area contributed by atoms with Crippen LogP contribution < -0.4 is 10.2 Å². The average Bonchev–Trinajstić information content (AvgIpc) is 2.75. The van der Waals surface area contributed by atoms with Crippen molar-refractivity contribution < 1.29 is 14.7 Å². The van der Waals surface area contributed by atoms with Crippen LogP contribution in [0.2, 0.25) is 0 Å². The van der Waals surface area contributed by atoms with Crippen molar-refractivity contribution in [2.24, 2.45) is 0 Å². The van der Waals surface area contributed by atoms with E-state index in [1.165, 1.54) is 17.0 Å². The number of amides is 2. The van der Waals surface area contributed by atoms with Gasteiger partial charge >= 0.3 is 0 Å². The third-order valence-electron chi connectivity index (χ3n) is 2.86. The van der Waals surface area contributed by atoms with Crippen LogP contribution in [-0.2, 0) is 9.59 Å². The Labute approximate surface area is 99.0 Å². The molecule has 0 bridgehead atoms. The molecule has 0 spiro atoms. The van der Waals surface area contributed by atoms with E-state index in [-0.39, 0.29) is 17.6 Å². The maximum Gasteiger partial charge on any atom is 0.249 e. The quantitative estimate of drug-likeness (QED) is 0.788. The molecule has 2 rings (SSSR count). The largest absolute Gasteiger partial charge is 0.508 e. The number of carbonyl (C=O) groups excluding carboxylic acids is 2. The summed E-state index contributed by atoms with van der Waals surface area (Å²) in [7, 11) is 1.65. The molecule has 0 saturated carbocycles. The van der Waals surface area contributed by atoms with E-state index in [2.05, 4.69) is 5.32 Å². The maximum atomic E-state index is 12.0. The number of aromatic hydroxyl groups is 1. The number of likely N-dealkylation sites (N-methyl/N-ethyl adjacent to an activating group) is 1. The Morgan fingerprint density at radius 3 is 2.59 bits per heavy atom. The van der Waals surface area contributed by atoms with Gasteiger partial charge in [0.2, 0.25) is 11.8 Å². The lowest BCUT2D eigenvalue weighted by Crippen LogP contribution is -2.42. The number of carbonyl (C=O) groups is 2. The lowest BCUT2D eigenvalue weighted by Gasteiger charge is -2.21. The van der Waals surface area contributed by atoms with Crippen LogP contribution in [0.3, 0.4) is 0 Å². The Hall–Kier alpha value is -2.04. The molecule has 2 N–H and O–H groups in total. The Bertz CT molecular complexity index is 442. The van der Waals surface area contributed by atoms with E-state index in [1.807, 2.05) is 0 Å². The minimum atomic E-state index is -0.429. The van der Waals surface area contributed by atoms with Crippen molar-refractivity contribution in [3.05, 3.63) is 24.3 Å². The van der Waals surface area contributed by atoms with Crippen molar-refractivity contribution in [3.63, 3.8) is 0 Å². The predicted molar refractivity (Wildman–Crippen MR) is 62.7 cm³/mol. The second-order valence-corrected chi connectivity index (χ2v) is 4.07. The molecule has 1 aromatic rings. The van der Waals surface area contributed by atoms with Gasteiger partial charge in [-0.3, -0.25) is 9.59 Å². The third kappa shape index (κ3) is 2.38. The van der Waals surface area contributed by atoms with Crippen LogP contribution in [0.4, 0.5) is 5.69 Å². The van der Waals surface area contributed by atoms with E-state index >= 15 is 0 Å². The van der Waals surface area contributed by atoms with Crippen molar-refractivity contribution in [3.8, 4) is 5.75 Å². The molecule has 5 heteroatoms. The molecule has 1 heterocycles. The van der Waals surface area contributed by atoms with Crippen LogP contribution in [0.15, 0.2) is 24.3 Å². The summed E-state index contributed by atoms with van der Waals surface area (Å²) in [6, 6.07) is 5.92. The third-order valence-corrected chi connectivity index (χ3v) is 2.86. The number of benzene rings is 1. The molecule has 1 aliphatic heterocycles. The molecule has 1 aromatic carbocycles. The fourth-order valence-electron chi connectivity index (χ4n) is 1.84. The van der Waals surface area contributed by atoms with Gasteiger partial charge in [0, 0.05) is 19.2 Å². The van der Waals surface area contributed by atoms with Gasteiger partial charge in [-0.05, 0) is 30.7 Å². The summed E-state index contributed by atoms with van der Waals surface area (Å²) in [5, 5.41) is 11.8. The first-order valence-corrected chi connectivity index (χ1v) is 5.44. The number of phenols is 1. The first kappa shape index (κ1) is 11.4. The van der Waals surface area contributed by atoms with Crippen LogP contribution in [-0.4, -0.2) is 30.0 Å². The smallest absolute Gasteiger partial charge is 0.249 e. The molecule has 0 unspecified atom stereocenters. The average molecular weight is 234 g/mol. The molecule has 90 valence electrons. The Balaban J connectivity index is 2.09. The highest BCUT2D eigenvalue weighted by atomic mass is 16.3. The second kappa shape index (κ2) is 4.45. The minimum Gasteiger partial charge on any atom is -0.508 e. The van der Waals surface area contributed by atoms with Crippen molar-refractivity contribution in [1.82, 2.24) is 5.32 Å². The normalized spacial score (nSPS) is 18.9. The van der Waals surface area contributed by atoms with Gasteiger partial charge in [-0.15, -0.1) is 0 Å². The van der Waals surface area contributed by atoms with E-state index in [1.54, 1.807) is 19.2 Å². The van der Waals surface area contributed by atoms with E-state index in [9.17, 15) is 9.59 Å². The van der Waals surface area contributed by atoms with E-state index in [0.29, 0.717) is 18.5 Å². The fraction of sp³-hybridized carbons (Fsp3) is 0.333. The number of nitrogens with one attached hydrogen (secondary N) is 1. The lowest BCUT2D eigenvalue weighted by atomic mass is 10.2.